The van der Waals surface area contributed by atoms with E-state index < -0.39 is 35.6 Å². The van der Waals surface area contributed by atoms with Gasteiger partial charge in [0.1, 0.15) is 0 Å². The lowest BCUT2D eigenvalue weighted by Gasteiger charge is -2.12. The smallest absolute Gasteiger partial charge is 0.312 e. The summed E-state index contributed by atoms with van der Waals surface area (Å²) < 4.78 is 60.2. The molecular formula is C19H16ClN3O7S2. The average molecular weight is 498 g/mol. The first-order valence-corrected chi connectivity index (χ1v) is 12.1. The number of nitrogens with one attached hydrogen (secondary N) is 2. The zero-order valence-corrected chi connectivity index (χ0v) is 18.7. The fraction of sp³-hybridized carbons (Fsp3) is 0.0526. The van der Waals surface area contributed by atoms with Gasteiger partial charge in [-0.25, -0.2) is 16.8 Å². The zero-order chi connectivity index (χ0) is 23.5. The first kappa shape index (κ1) is 23.3. The summed E-state index contributed by atoms with van der Waals surface area (Å²) in [6.07, 6.45) is 0. The summed E-state index contributed by atoms with van der Waals surface area (Å²) in [7, 11) is -7.07. The van der Waals surface area contributed by atoms with E-state index in [1.165, 1.54) is 49.6 Å². The third kappa shape index (κ3) is 5.28. The van der Waals surface area contributed by atoms with Crippen LogP contribution in [0, 0.1) is 10.1 Å². The van der Waals surface area contributed by atoms with Crippen molar-refractivity contribution in [2.45, 2.75) is 9.79 Å². The van der Waals surface area contributed by atoms with Crippen molar-refractivity contribution in [3.05, 3.63) is 81.9 Å². The molecule has 168 valence electrons. The molecule has 3 aromatic carbocycles. The Bertz CT molecular complexity index is 1380. The van der Waals surface area contributed by atoms with E-state index in [1.54, 1.807) is 0 Å². The monoisotopic (exact) mass is 497 g/mol. The summed E-state index contributed by atoms with van der Waals surface area (Å²) in [6.45, 7) is 0. The normalized spacial score (nSPS) is 11.6. The number of nitrogens with zero attached hydrogens (tertiary/aromatic N) is 1. The quantitative estimate of drug-likeness (QED) is 0.355. The Labute approximate surface area is 189 Å². The number of hydrogen-bond acceptors (Lipinski definition) is 7. The van der Waals surface area contributed by atoms with Gasteiger partial charge >= 0.3 is 5.69 Å². The highest BCUT2D eigenvalue weighted by molar-refractivity contribution is 7.93. The molecule has 10 nitrogen and oxygen atoms in total. The van der Waals surface area contributed by atoms with Crippen LogP contribution in [0.5, 0.6) is 5.75 Å². The molecule has 0 spiro atoms. The molecule has 0 saturated heterocycles. The fourth-order valence-corrected chi connectivity index (χ4v) is 4.95. The molecule has 0 unspecified atom stereocenters. The van der Waals surface area contributed by atoms with Crippen LogP contribution in [0.1, 0.15) is 0 Å². The van der Waals surface area contributed by atoms with E-state index in [2.05, 4.69) is 9.44 Å². The molecule has 0 atom stereocenters. The Morgan fingerprint density at radius 3 is 2.03 bits per heavy atom. The first-order chi connectivity index (χ1) is 15.0. The highest BCUT2D eigenvalue weighted by Gasteiger charge is 2.23. The molecule has 0 amide bonds. The van der Waals surface area contributed by atoms with Crippen LogP contribution >= 0.6 is 11.6 Å². The molecule has 0 aliphatic rings. The number of sulfonamides is 2. The van der Waals surface area contributed by atoms with Gasteiger partial charge < -0.3 is 4.74 Å². The summed E-state index contributed by atoms with van der Waals surface area (Å²) in [4.78, 5) is 9.81. The van der Waals surface area contributed by atoms with E-state index in [4.69, 9.17) is 16.3 Å². The summed E-state index contributed by atoms with van der Waals surface area (Å²) in [5.41, 5.74) is -0.313. The van der Waals surface area contributed by atoms with Crippen LogP contribution in [0.15, 0.2) is 76.5 Å². The van der Waals surface area contributed by atoms with Gasteiger partial charge in [-0.2, -0.15) is 0 Å². The van der Waals surface area contributed by atoms with E-state index in [0.29, 0.717) is 5.02 Å². The van der Waals surface area contributed by atoms with Gasteiger partial charge in [-0.05, 0) is 54.6 Å². The Morgan fingerprint density at radius 1 is 0.844 bits per heavy atom. The van der Waals surface area contributed by atoms with Gasteiger partial charge in [-0.3, -0.25) is 19.6 Å². The minimum absolute atomic E-state index is 0.0533. The highest BCUT2D eigenvalue weighted by Crippen LogP contribution is 2.30. The van der Waals surface area contributed by atoms with Crippen LogP contribution in [-0.2, 0) is 20.0 Å². The molecular weight excluding hydrogens is 482 g/mol. The van der Waals surface area contributed by atoms with E-state index in [1.807, 2.05) is 0 Å². The number of methoxy groups -OCH3 is 1. The van der Waals surface area contributed by atoms with E-state index in [0.717, 1.165) is 24.3 Å². The molecule has 3 rings (SSSR count). The third-order valence-electron chi connectivity index (χ3n) is 4.15. The van der Waals surface area contributed by atoms with Crippen LogP contribution in [0.4, 0.5) is 17.1 Å². The average Bonchev–Trinajstić information content (AvgIpc) is 2.74. The maximum atomic E-state index is 12.7. The van der Waals surface area contributed by atoms with Gasteiger partial charge in [0.15, 0.2) is 5.75 Å². The Morgan fingerprint density at radius 2 is 1.44 bits per heavy atom. The minimum Gasteiger partial charge on any atom is -0.490 e. The summed E-state index contributed by atoms with van der Waals surface area (Å²) in [5.74, 6) is -0.102. The minimum atomic E-state index is -4.26. The molecule has 0 aliphatic carbocycles. The number of hydrogen-bond donors (Lipinski definition) is 2. The Hall–Kier alpha value is -3.35. The third-order valence-corrected chi connectivity index (χ3v) is 7.16. The number of ether oxygens (including phenoxy) is 1. The first-order valence-electron chi connectivity index (χ1n) is 8.75. The maximum absolute atomic E-state index is 12.7. The molecule has 0 heterocycles. The fourth-order valence-electron chi connectivity index (χ4n) is 2.65. The second kappa shape index (κ2) is 9.02. The van der Waals surface area contributed by atoms with Crippen LogP contribution in [0.2, 0.25) is 5.02 Å². The van der Waals surface area contributed by atoms with Crippen molar-refractivity contribution in [1.82, 2.24) is 0 Å². The molecule has 32 heavy (non-hydrogen) atoms. The van der Waals surface area contributed by atoms with Crippen LogP contribution in [0.25, 0.3) is 0 Å². The van der Waals surface area contributed by atoms with Crippen LogP contribution in [-0.4, -0.2) is 28.9 Å². The van der Waals surface area contributed by atoms with Crippen molar-refractivity contribution >= 4 is 48.7 Å². The maximum Gasteiger partial charge on any atom is 0.312 e. The summed E-state index contributed by atoms with van der Waals surface area (Å²) >= 11 is 5.79. The standard InChI is InChI=1S/C19H16ClN3O7S2/c1-30-19-10-9-17(12-18(19)23(24)25)32(28,29)22-15-3-2-4-16(11-15)31(26,27)21-14-7-5-13(20)6-8-14/h2-12,21-22H,1H3. The molecule has 0 fully saturated rings. The zero-order valence-electron chi connectivity index (χ0n) is 16.4. The molecule has 3 aromatic rings. The lowest BCUT2D eigenvalue weighted by atomic mass is 10.3. The number of anilines is 2. The Kier molecular flexibility index (Phi) is 6.57. The van der Waals surface area contributed by atoms with Crippen molar-refractivity contribution < 1.29 is 26.5 Å². The molecule has 0 bridgehead atoms. The predicted molar refractivity (Wildman–Crippen MR) is 119 cm³/mol. The lowest BCUT2D eigenvalue weighted by Crippen LogP contribution is -2.15. The molecule has 0 radical (unpaired) electrons. The van der Waals surface area contributed by atoms with E-state index >= 15 is 0 Å². The predicted octanol–water partition coefficient (Wildman–Crippen LogP) is 3.86. The van der Waals surface area contributed by atoms with Gasteiger partial charge in [0.2, 0.25) is 0 Å². The molecule has 13 heteroatoms. The second-order valence-corrected chi connectivity index (χ2v) is 10.1. The van der Waals surface area contributed by atoms with Crippen molar-refractivity contribution in [3.8, 4) is 5.75 Å². The Balaban J connectivity index is 1.89. The van der Waals surface area contributed by atoms with Gasteiger partial charge in [-0.15, -0.1) is 0 Å². The van der Waals surface area contributed by atoms with E-state index in [9.17, 15) is 26.9 Å². The van der Waals surface area contributed by atoms with Crippen molar-refractivity contribution in [1.29, 1.82) is 0 Å². The van der Waals surface area contributed by atoms with Crippen LogP contribution < -0.4 is 14.2 Å². The molecule has 0 saturated carbocycles. The SMILES string of the molecule is COc1ccc(S(=O)(=O)Nc2cccc(S(=O)(=O)Nc3ccc(Cl)cc3)c2)cc1[N+](=O)[O-]. The van der Waals surface area contributed by atoms with Crippen molar-refractivity contribution in [2.24, 2.45) is 0 Å². The molecule has 0 aromatic heterocycles. The van der Waals surface area contributed by atoms with Crippen molar-refractivity contribution in [2.75, 3.05) is 16.6 Å². The van der Waals surface area contributed by atoms with Gasteiger partial charge in [0.25, 0.3) is 20.0 Å². The van der Waals surface area contributed by atoms with Gasteiger partial charge in [0.05, 0.1) is 27.5 Å². The van der Waals surface area contributed by atoms with Gasteiger partial charge in [0, 0.05) is 16.8 Å². The van der Waals surface area contributed by atoms with E-state index in [-0.39, 0.29) is 22.0 Å². The number of nitro groups is 1. The topological polar surface area (TPSA) is 145 Å². The molecule has 2 N–H and O–H groups in total. The summed E-state index contributed by atoms with van der Waals surface area (Å²) in [6, 6.07) is 14.2. The summed E-state index contributed by atoms with van der Waals surface area (Å²) in [5, 5.41) is 11.6. The second-order valence-electron chi connectivity index (χ2n) is 6.34. The number of nitro benzene ring substituents is 1. The lowest BCUT2D eigenvalue weighted by molar-refractivity contribution is -0.386. The van der Waals surface area contributed by atoms with Gasteiger partial charge in [-0.1, -0.05) is 17.7 Å². The largest absolute Gasteiger partial charge is 0.490 e. The number of rotatable bonds is 8. The number of halogens is 1. The highest BCUT2D eigenvalue weighted by atomic mass is 35.5. The van der Waals surface area contributed by atoms with Crippen LogP contribution in [0.3, 0.4) is 0 Å². The number of benzene rings is 3. The molecule has 0 aliphatic heterocycles. The van der Waals surface area contributed by atoms with Crippen molar-refractivity contribution in [3.63, 3.8) is 0 Å².